The van der Waals surface area contributed by atoms with Crippen molar-refractivity contribution in [3.8, 4) is 11.4 Å². The SMILES string of the molecule is O=C(C[C@@H]1NC(=O)N(CCc2ccccc2)C1=O)Nc1nc(-c2ccccn2)cs1. The van der Waals surface area contributed by atoms with Crippen LogP contribution in [0.5, 0.6) is 0 Å². The van der Waals surface area contributed by atoms with Gasteiger partial charge < -0.3 is 10.6 Å². The van der Waals surface area contributed by atoms with Crippen molar-refractivity contribution >= 4 is 34.3 Å². The average Bonchev–Trinajstić information content (AvgIpc) is 3.32. The van der Waals surface area contributed by atoms with Gasteiger partial charge in [-0.05, 0) is 24.1 Å². The fraction of sp³-hybridized carbons (Fsp3) is 0.190. The van der Waals surface area contributed by atoms with Gasteiger partial charge in [-0.3, -0.25) is 19.5 Å². The van der Waals surface area contributed by atoms with Crippen molar-refractivity contribution in [2.75, 3.05) is 11.9 Å². The lowest BCUT2D eigenvalue weighted by Gasteiger charge is -2.12. The molecule has 0 saturated carbocycles. The summed E-state index contributed by atoms with van der Waals surface area (Å²) < 4.78 is 0. The fourth-order valence-electron chi connectivity index (χ4n) is 3.13. The monoisotopic (exact) mass is 421 g/mol. The molecule has 1 aromatic carbocycles. The number of pyridine rings is 1. The summed E-state index contributed by atoms with van der Waals surface area (Å²) >= 11 is 1.27. The summed E-state index contributed by atoms with van der Waals surface area (Å²) in [5.41, 5.74) is 2.40. The first-order valence-electron chi connectivity index (χ1n) is 9.43. The van der Waals surface area contributed by atoms with E-state index in [1.165, 1.54) is 11.3 Å². The van der Waals surface area contributed by atoms with Gasteiger partial charge in [0, 0.05) is 18.1 Å². The molecule has 3 heterocycles. The van der Waals surface area contributed by atoms with Gasteiger partial charge in [-0.1, -0.05) is 36.4 Å². The van der Waals surface area contributed by atoms with E-state index < -0.39 is 12.1 Å². The highest BCUT2D eigenvalue weighted by molar-refractivity contribution is 7.14. The molecule has 1 aliphatic heterocycles. The molecule has 2 N–H and O–H groups in total. The maximum atomic E-state index is 12.6. The van der Waals surface area contributed by atoms with Gasteiger partial charge in [-0.25, -0.2) is 9.78 Å². The lowest BCUT2D eigenvalue weighted by atomic mass is 10.1. The molecule has 1 saturated heterocycles. The van der Waals surface area contributed by atoms with Crippen molar-refractivity contribution in [1.29, 1.82) is 0 Å². The van der Waals surface area contributed by atoms with E-state index in [1.54, 1.807) is 11.6 Å². The van der Waals surface area contributed by atoms with Crippen LogP contribution in [0, 0.1) is 0 Å². The molecule has 0 bridgehead atoms. The Labute approximate surface area is 177 Å². The summed E-state index contributed by atoms with van der Waals surface area (Å²) in [5.74, 6) is -0.778. The van der Waals surface area contributed by atoms with Crippen LogP contribution in [0.25, 0.3) is 11.4 Å². The minimum Gasteiger partial charge on any atom is -0.325 e. The molecular formula is C21H19N5O3S. The minimum absolute atomic E-state index is 0.148. The van der Waals surface area contributed by atoms with Gasteiger partial charge in [0.1, 0.15) is 11.7 Å². The van der Waals surface area contributed by atoms with E-state index in [0.717, 1.165) is 10.5 Å². The van der Waals surface area contributed by atoms with Gasteiger partial charge in [0.2, 0.25) is 5.91 Å². The number of urea groups is 1. The predicted molar refractivity (Wildman–Crippen MR) is 113 cm³/mol. The predicted octanol–water partition coefficient (Wildman–Crippen LogP) is 2.70. The fourth-order valence-corrected chi connectivity index (χ4v) is 3.85. The highest BCUT2D eigenvalue weighted by Gasteiger charge is 2.38. The molecule has 4 amide bonds. The molecule has 1 aliphatic rings. The molecule has 0 aliphatic carbocycles. The highest BCUT2D eigenvalue weighted by atomic mass is 32.1. The largest absolute Gasteiger partial charge is 0.325 e. The number of carbonyl (C=O) groups is 3. The van der Waals surface area contributed by atoms with Crippen LogP contribution in [0.4, 0.5) is 9.93 Å². The smallest absolute Gasteiger partial charge is 0.324 e. The lowest BCUT2D eigenvalue weighted by Crippen LogP contribution is -2.34. The van der Waals surface area contributed by atoms with E-state index in [4.69, 9.17) is 0 Å². The second kappa shape index (κ2) is 8.83. The van der Waals surface area contributed by atoms with Gasteiger partial charge >= 0.3 is 6.03 Å². The zero-order chi connectivity index (χ0) is 20.9. The van der Waals surface area contributed by atoms with Gasteiger partial charge in [-0.15, -0.1) is 11.3 Å². The number of hydrogen-bond donors (Lipinski definition) is 2. The Morgan fingerprint density at radius 1 is 1.10 bits per heavy atom. The van der Waals surface area contributed by atoms with E-state index in [1.807, 2.05) is 48.5 Å². The zero-order valence-corrected chi connectivity index (χ0v) is 16.8. The van der Waals surface area contributed by atoms with Crippen LogP contribution in [0.3, 0.4) is 0 Å². The van der Waals surface area contributed by atoms with Crippen molar-refractivity contribution in [3.05, 3.63) is 65.7 Å². The Balaban J connectivity index is 1.32. The molecular weight excluding hydrogens is 402 g/mol. The molecule has 30 heavy (non-hydrogen) atoms. The van der Waals surface area contributed by atoms with Gasteiger partial charge in [0.25, 0.3) is 5.91 Å². The van der Waals surface area contributed by atoms with Gasteiger partial charge in [0.15, 0.2) is 5.13 Å². The second-order valence-electron chi connectivity index (χ2n) is 6.73. The topological polar surface area (TPSA) is 104 Å². The van der Waals surface area contributed by atoms with Crippen LogP contribution in [-0.2, 0) is 16.0 Å². The van der Waals surface area contributed by atoms with Crippen molar-refractivity contribution in [2.24, 2.45) is 0 Å². The zero-order valence-electron chi connectivity index (χ0n) is 15.9. The average molecular weight is 421 g/mol. The maximum absolute atomic E-state index is 12.6. The van der Waals surface area contributed by atoms with Crippen LogP contribution >= 0.6 is 11.3 Å². The number of nitrogens with zero attached hydrogens (tertiary/aromatic N) is 3. The molecule has 9 heteroatoms. The van der Waals surface area contributed by atoms with E-state index in [9.17, 15) is 14.4 Å². The number of anilines is 1. The van der Waals surface area contributed by atoms with Crippen molar-refractivity contribution in [3.63, 3.8) is 0 Å². The Hall–Kier alpha value is -3.59. The van der Waals surface area contributed by atoms with Crippen LogP contribution < -0.4 is 10.6 Å². The highest BCUT2D eigenvalue weighted by Crippen LogP contribution is 2.23. The number of carbonyl (C=O) groups excluding carboxylic acids is 3. The third-order valence-electron chi connectivity index (χ3n) is 4.64. The molecule has 0 spiro atoms. The number of rotatable bonds is 7. The molecule has 3 aromatic rings. The first kappa shape index (κ1) is 19.7. The summed E-state index contributed by atoms with van der Waals surface area (Å²) in [7, 11) is 0. The summed E-state index contributed by atoms with van der Waals surface area (Å²) in [6.45, 7) is 0.271. The summed E-state index contributed by atoms with van der Waals surface area (Å²) in [5, 5.41) is 7.49. The molecule has 1 atom stereocenters. The Kier molecular flexibility index (Phi) is 5.80. The van der Waals surface area contributed by atoms with Gasteiger partial charge in [0.05, 0.1) is 12.1 Å². The summed E-state index contributed by atoms with van der Waals surface area (Å²) in [6, 6.07) is 13.8. The molecule has 152 valence electrons. The second-order valence-corrected chi connectivity index (χ2v) is 7.59. The van der Waals surface area contributed by atoms with E-state index >= 15 is 0 Å². The molecule has 2 aromatic heterocycles. The first-order valence-corrected chi connectivity index (χ1v) is 10.3. The molecule has 0 radical (unpaired) electrons. The van der Waals surface area contributed by atoms with Crippen LogP contribution in [0.1, 0.15) is 12.0 Å². The number of nitrogens with one attached hydrogen (secondary N) is 2. The van der Waals surface area contributed by atoms with E-state index in [-0.39, 0.29) is 24.8 Å². The van der Waals surface area contributed by atoms with E-state index in [0.29, 0.717) is 22.9 Å². The Morgan fingerprint density at radius 2 is 1.90 bits per heavy atom. The normalized spacial score (nSPS) is 15.9. The van der Waals surface area contributed by atoms with Crippen molar-refractivity contribution in [1.82, 2.24) is 20.2 Å². The van der Waals surface area contributed by atoms with Crippen molar-refractivity contribution < 1.29 is 14.4 Å². The van der Waals surface area contributed by atoms with Crippen LogP contribution in [0.15, 0.2) is 60.1 Å². The van der Waals surface area contributed by atoms with Crippen LogP contribution in [-0.4, -0.2) is 45.3 Å². The standard InChI is InChI=1S/C21H19N5O3S/c27-18(25-20-23-17(13-30-20)15-8-4-5-10-22-15)12-16-19(28)26(21(29)24-16)11-9-14-6-2-1-3-7-14/h1-8,10,13,16H,9,11-12H2,(H,24,29)(H,23,25,27)/t16-/m0/s1. The Morgan fingerprint density at radius 3 is 2.67 bits per heavy atom. The number of imide groups is 1. The summed E-state index contributed by atoms with van der Waals surface area (Å²) in [6.07, 6.45) is 2.09. The third kappa shape index (κ3) is 4.52. The number of amides is 4. The molecule has 8 nitrogen and oxygen atoms in total. The first-order chi connectivity index (χ1) is 14.6. The third-order valence-corrected chi connectivity index (χ3v) is 5.40. The quantitative estimate of drug-likeness (QED) is 0.571. The number of benzene rings is 1. The number of hydrogen-bond acceptors (Lipinski definition) is 6. The molecule has 4 rings (SSSR count). The minimum atomic E-state index is -0.872. The lowest BCUT2D eigenvalue weighted by molar-refractivity contribution is -0.129. The van der Waals surface area contributed by atoms with Gasteiger partial charge in [-0.2, -0.15) is 0 Å². The van der Waals surface area contributed by atoms with Crippen LogP contribution in [0.2, 0.25) is 0 Å². The Bertz CT molecular complexity index is 1050. The number of thiazole rings is 1. The van der Waals surface area contributed by atoms with Crippen molar-refractivity contribution in [2.45, 2.75) is 18.9 Å². The maximum Gasteiger partial charge on any atom is 0.324 e. The molecule has 1 fully saturated rings. The number of aromatic nitrogens is 2. The molecule has 0 unspecified atom stereocenters. The summed E-state index contributed by atoms with van der Waals surface area (Å²) in [4.78, 5) is 46.8. The van der Waals surface area contributed by atoms with E-state index in [2.05, 4.69) is 20.6 Å².